The molecule has 0 aliphatic heterocycles. The second kappa shape index (κ2) is 4.25. The van der Waals surface area contributed by atoms with E-state index in [0.717, 1.165) is 16.7 Å². The molecule has 1 N–H and O–H groups in total. The maximum atomic E-state index is 6.21. The fraction of sp³-hybridized carbons (Fsp3) is 0.529. The number of para-hydroxylation sites is 1. The van der Waals surface area contributed by atoms with E-state index < -0.39 is 0 Å². The van der Waals surface area contributed by atoms with Gasteiger partial charge < -0.3 is 9.73 Å². The number of nitrogens with one attached hydrogen (secondary N) is 1. The van der Waals surface area contributed by atoms with Crippen LogP contribution in [0.3, 0.4) is 0 Å². The molecule has 1 aromatic heterocycles. The van der Waals surface area contributed by atoms with Crippen molar-refractivity contribution in [3.05, 3.63) is 35.0 Å². The minimum absolute atomic E-state index is 0.225. The van der Waals surface area contributed by atoms with Crippen molar-refractivity contribution in [2.45, 2.75) is 33.7 Å². The molecule has 20 heavy (non-hydrogen) atoms. The number of benzene rings is 1. The molecule has 108 valence electrons. The monoisotopic (exact) mass is 291 g/mol. The molecule has 1 unspecified atom stereocenters. The lowest BCUT2D eigenvalue weighted by molar-refractivity contribution is 0.370. The van der Waals surface area contributed by atoms with Crippen molar-refractivity contribution >= 4 is 22.6 Å². The molecular weight excluding hydrogens is 270 g/mol. The molecule has 2 aromatic rings. The van der Waals surface area contributed by atoms with Crippen LogP contribution in [-0.2, 0) is 0 Å². The Kier molecular flexibility index (Phi) is 2.97. The first-order valence-corrected chi connectivity index (χ1v) is 7.53. The van der Waals surface area contributed by atoms with Gasteiger partial charge in [0.1, 0.15) is 5.76 Å². The first-order chi connectivity index (χ1) is 9.30. The predicted molar refractivity (Wildman–Crippen MR) is 84.1 cm³/mol. The molecule has 1 heterocycles. The van der Waals surface area contributed by atoms with Gasteiger partial charge in [-0.3, -0.25) is 0 Å². The van der Waals surface area contributed by atoms with E-state index in [-0.39, 0.29) is 6.04 Å². The third-order valence-electron chi connectivity index (χ3n) is 5.60. The topological polar surface area (TPSA) is 25.2 Å². The summed E-state index contributed by atoms with van der Waals surface area (Å²) in [5, 5.41) is 5.19. The van der Waals surface area contributed by atoms with E-state index in [1.54, 1.807) is 0 Å². The van der Waals surface area contributed by atoms with Gasteiger partial charge in [0.15, 0.2) is 5.58 Å². The van der Waals surface area contributed by atoms with Crippen molar-refractivity contribution < 1.29 is 4.42 Å². The smallest absolute Gasteiger partial charge is 0.152 e. The highest BCUT2D eigenvalue weighted by atomic mass is 35.5. The molecule has 0 spiro atoms. The SMILES string of the molecule is CNC(c1cc2cccc(Cl)c2o1)C1C(C)(C)C1(C)C. The number of hydrogen-bond donors (Lipinski definition) is 1. The van der Waals surface area contributed by atoms with Gasteiger partial charge in [-0.05, 0) is 35.9 Å². The molecule has 3 rings (SSSR count). The lowest BCUT2D eigenvalue weighted by Gasteiger charge is -2.15. The van der Waals surface area contributed by atoms with Crippen molar-refractivity contribution in [1.29, 1.82) is 0 Å². The van der Waals surface area contributed by atoms with E-state index in [2.05, 4.69) is 39.1 Å². The van der Waals surface area contributed by atoms with Gasteiger partial charge in [-0.25, -0.2) is 0 Å². The zero-order valence-electron chi connectivity index (χ0n) is 12.8. The Morgan fingerprint density at radius 1 is 1.20 bits per heavy atom. The van der Waals surface area contributed by atoms with Gasteiger partial charge in [-0.15, -0.1) is 0 Å². The molecule has 1 fully saturated rings. The number of hydrogen-bond acceptors (Lipinski definition) is 2. The molecule has 2 nitrogen and oxygen atoms in total. The molecule has 0 radical (unpaired) electrons. The van der Waals surface area contributed by atoms with Gasteiger partial charge in [0.05, 0.1) is 11.1 Å². The maximum absolute atomic E-state index is 6.21. The predicted octanol–water partition coefficient (Wildman–Crippen LogP) is 5.03. The first-order valence-electron chi connectivity index (χ1n) is 7.16. The number of halogens is 1. The van der Waals surface area contributed by atoms with Crippen LogP contribution < -0.4 is 5.32 Å². The van der Waals surface area contributed by atoms with Gasteiger partial charge in [0.2, 0.25) is 0 Å². The van der Waals surface area contributed by atoms with Crippen molar-refractivity contribution in [1.82, 2.24) is 5.32 Å². The summed E-state index contributed by atoms with van der Waals surface area (Å²) in [4.78, 5) is 0. The fourth-order valence-electron chi connectivity index (χ4n) is 3.75. The van der Waals surface area contributed by atoms with Crippen LogP contribution in [0.2, 0.25) is 5.02 Å². The minimum Gasteiger partial charge on any atom is -0.458 e. The van der Waals surface area contributed by atoms with Gasteiger partial charge in [-0.1, -0.05) is 51.4 Å². The van der Waals surface area contributed by atoms with E-state index in [1.165, 1.54) is 0 Å². The van der Waals surface area contributed by atoms with E-state index in [1.807, 2.05) is 25.2 Å². The van der Waals surface area contributed by atoms with Crippen LogP contribution in [0, 0.1) is 16.7 Å². The zero-order chi connectivity index (χ0) is 14.7. The highest BCUT2D eigenvalue weighted by Crippen LogP contribution is 2.72. The largest absolute Gasteiger partial charge is 0.458 e. The summed E-state index contributed by atoms with van der Waals surface area (Å²) >= 11 is 6.21. The van der Waals surface area contributed by atoms with Crippen LogP contribution in [0.5, 0.6) is 0 Å². The average Bonchev–Trinajstić information content (AvgIpc) is 2.72. The van der Waals surface area contributed by atoms with E-state index >= 15 is 0 Å². The lowest BCUT2D eigenvalue weighted by atomic mass is 10.0. The van der Waals surface area contributed by atoms with Crippen LogP contribution in [0.1, 0.15) is 39.5 Å². The van der Waals surface area contributed by atoms with Crippen molar-refractivity contribution in [3.8, 4) is 0 Å². The normalized spacial score (nSPS) is 22.1. The Morgan fingerprint density at radius 2 is 1.85 bits per heavy atom. The fourth-order valence-corrected chi connectivity index (χ4v) is 3.98. The summed E-state index contributed by atoms with van der Waals surface area (Å²) in [6.45, 7) is 9.32. The summed E-state index contributed by atoms with van der Waals surface area (Å²) < 4.78 is 6.05. The van der Waals surface area contributed by atoms with Crippen LogP contribution >= 0.6 is 11.6 Å². The Labute approximate surface area is 125 Å². The van der Waals surface area contributed by atoms with Gasteiger partial charge in [0.25, 0.3) is 0 Å². The van der Waals surface area contributed by atoms with Crippen LogP contribution in [0.15, 0.2) is 28.7 Å². The molecule has 1 aliphatic carbocycles. The van der Waals surface area contributed by atoms with Gasteiger partial charge in [0, 0.05) is 5.39 Å². The standard InChI is InChI=1S/C17H22ClNO/c1-16(2)15(17(16,3)4)13(19-5)12-9-10-7-6-8-11(18)14(10)20-12/h6-9,13,15,19H,1-5H3. The van der Waals surface area contributed by atoms with Gasteiger partial charge in [-0.2, -0.15) is 0 Å². The molecule has 1 aliphatic rings. The molecule has 1 saturated carbocycles. The van der Waals surface area contributed by atoms with E-state index in [0.29, 0.717) is 21.8 Å². The van der Waals surface area contributed by atoms with Crippen molar-refractivity contribution in [2.24, 2.45) is 16.7 Å². The summed E-state index contributed by atoms with van der Waals surface area (Å²) in [7, 11) is 2.00. The third-order valence-corrected chi connectivity index (χ3v) is 5.90. The van der Waals surface area contributed by atoms with E-state index in [4.69, 9.17) is 16.0 Å². The third kappa shape index (κ3) is 1.74. The van der Waals surface area contributed by atoms with Crippen LogP contribution in [-0.4, -0.2) is 7.05 Å². The van der Waals surface area contributed by atoms with Crippen molar-refractivity contribution in [2.75, 3.05) is 7.05 Å². The molecule has 0 bridgehead atoms. The number of furan rings is 1. The molecule has 1 aromatic carbocycles. The van der Waals surface area contributed by atoms with Crippen LogP contribution in [0.4, 0.5) is 0 Å². The summed E-state index contributed by atoms with van der Waals surface area (Å²) in [6, 6.07) is 8.22. The quantitative estimate of drug-likeness (QED) is 0.858. The Hall–Kier alpha value is -0.990. The summed E-state index contributed by atoms with van der Waals surface area (Å²) in [6.07, 6.45) is 0. The number of rotatable bonds is 3. The summed E-state index contributed by atoms with van der Waals surface area (Å²) in [5.41, 5.74) is 1.41. The highest BCUT2D eigenvalue weighted by Gasteiger charge is 2.67. The lowest BCUT2D eigenvalue weighted by Crippen LogP contribution is -2.20. The minimum atomic E-state index is 0.225. The Balaban J connectivity index is 2.03. The molecule has 0 amide bonds. The Morgan fingerprint density at radius 3 is 2.35 bits per heavy atom. The zero-order valence-corrected chi connectivity index (χ0v) is 13.5. The average molecular weight is 292 g/mol. The highest BCUT2D eigenvalue weighted by molar-refractivity contribution is 6.34. The molecule has 3 heteroatoms. The maximum Gasteiger partial charge on any atom is 0.152 e. The molecule has 0 saturated heterocycles. The van der Waals surface area contributed by atoms with E-state index in [9.17, 15) is 0 Å². The summed E-state index contributed by atoms with van der Waals surface area (Å²) in [5.74, 6) is 1.54. The second-order valence-corrected chi connectivity index (χ2v) is 7.40. The van der Waals surface area contributed by atoms with Crippen LogP contribution in [0.25, 0.3) is 11.0 Å². The molecule has 1 atom stereocenters. The Bertz CT molecular complexity index is 642. The number of fused-ring (bicyclic) bond motifs is 1. The van der Waals surface area contributed by atoms with Crippen molar-refractivity contribution in [3.63, 3.8) is 0 Å². The first kappa shape index (κ1) is 14.0. The molecular formula is C17H22ClNO. The van der Waals surface area contributed by atoms with Gasteiger partial charge >= 0.3 is 0 Å². The second-order valence-electron chi connectivity index (χ2n) is 6.99.